The van der Waals surface area contributed by atoms with Crippen LogP contribution in [-0.4, -0.2) is 35.3 Å². The lowest BCUT2D eigenvalue weighted by Gasteiger charge is -2.32. The van der Waals surface area contributed by atoms with Crippen LogP contribution in [0.25, 0.3) is 0 Å². The van der Waals surface area contributed by atoms with Crippen molar-refractivity contribution in [1.29, 1.82) is 0 Å². The molecule has 2 aromatic rings. The first kappa shape index (κ1) is 16.8. The van der Waals surface area contributed by atoms with E-state index < -0.39 is 6.09 Å². The minimum Gasteiger partial charge on any atom is -0.465 e. The molecule has 1 saturated heterocycles. The minimum absolute atomic E-state index is 0.0430. The molecule has 4 nitrogen and oxygen atoms in total. The Morgan fingerprint density at radius 1 is 1.04 bits per heavy atom. The van der Waals surface area contributed by atoms with Gasteiger partial charge in [-0.1, -0.05) is 54.1 Å². The number of carbonyl (C=O) groups is 1. The number of rotatable bonds is 4. The van der Waals surface area contributed by atoms with Gasteiger partial charge in [-0.15, -0.1) is 0 Å². The lowest BCUT2D eigenvalue weighted by molar-refractivity contribution is -0.0240. The van der Waals surface area contributed by atoms with Crippen LogP contribution in [0.5, 0.6) is 0 Å². The van der Waals surface area contributed by atoms with Crippen molar-refractivity contribution in [2.75, 3.05) is 13.1 Å². The molecule has 3 rings (SSSR count). The standard InChI is InChI=1S/C19H20ClNO3/c20-16-8-6-15(7-9-16)18(14-4-2-1-3-5-14)24-17-10-12-21(13-11-17)19(22)23/h1-9,17-18H,10-13H2,(H,22,23). The lowest BCUT2D eigenvalue weighted by Crippen LogP contribution is -2.40. The molecule has 1 amide bonds. The molecule has 1 atom stereocenters. The van der Waals surface area contributed by atoms with Gasteiger partial charge < -0.3 is 14.7 Å². The summed E-state index contributed by atoms with van der Waals surface area (Å²) in [5, 5.41) is 9.76. The Kier molecular flexibility index (Phi) is 5.38. The molecule has 0 spiro atoms. The summed E-state index contributed by atoms with van der Waals surface area (Å²) < 4.78 is 6.37. The second-order valence-corrected chi connectivity index (χ2v) is 6.38. The number of benzene rings is 2. The Morgan fingerprint density at radius 2 is 1.62 bits per heavy atom. The van der Waals surface area contributed by atoms with Crippen molar-refractivity contribution < 1.29 is 14.6 Å². The molecule has 126 valence electrons. The lowest BCUT2D eigenvalue weighted by atomic mass is 10.00. The van der Waals surface area contributed by atoms with Gasteiger partial charge in [-0.3, -0.25) is 0 Å². The smallest absolute Gasteiger partial charge is 0.407 e. The van der Waals surface area contributed by atoms with Crippen LogP contribution in [0.2, 0.25) is 5.02 Å². The summed E-state index contributed by atoms with van der Waals surface area (Å²) in [6.07, 6.45) is 0.434. The highest BCUT2D eigenvalue weighted by Crippen LogP contribution is 2.30. The molecule has 0 saturated carbocycles. The molecule has 0 bridgehead atoms. The van der Waals surface area contributed by atoms with Gasteiger partial charge in [0, 0.05) is 18.1 Å². The number of nitrogens with zero attached hydrogens (tertiary/aromatic N) is 1. The molecule has 1 aliphatic rings. The van der Waals surface area contributed by atoms with E-state index in [2.05, 4.69) is 0 Å². The summed E-state index contributed by atoms with van der Waals surface area (Å²) in [5.74, 6) is 0. The molecule has 2 aromatic carbocycles. The Labute approximate surface area is 146 Å². The van der Waals surface area contributed by atoms with Crippen molar-refractivity contribution in [1.82, 2.24) is 4.90 Å². The van der Waals surface area contributed by atoms with E-state index in [1.165, 1.54) is 4.90 Å². The molecule has 1 heterocycles. The predicted molar refractivity (Wildman–Crippen MR) is 93.4 cm³/mol. The van der Waals surface area contributed by atoms with Gasteiger partial charge in [-0.05, 0) is 36.1 Å². The monoisotopic (exact) mass is 345 g/mol. The Hall–Kier alpha value is -2.04. The molecule has 24 heavy (non-hydrogen) atoms. The second kappa shape index (κ2) is 7.69. The Balaban J connectivity index is 1.76. The van der Waals surface area contributed by atoms with E-state index in [-0.39, 0.29) is 12.2 Å². The number of amides is 1. The molecule has 1 N–H and O–H groups in total. The van der Waals surface area contributed by atoms with Gasteiger partial charge in [-0.25, -0.2) is 4.79 Å². The van der Waals surface area contributed by atoms with E-state index in [4.69, 9.17) is 21.4 Å². The molecule has 0 aromatic heterocycles. The summed E-state index contributed by atoms with van der Waals surface area (Å²) in [7, 11) is 0. The molecular formula is C19H20ClNO3. The van der Waals surface area contributed by atoms with Crippen molar-refractivity contribution in [3.63, 3.8) is 0 Å². The summed E-state index contributed by atoms with van der Waals surface area (Å²) in [5.41, 5.74) is 2.13. The zero-order valence-corrected chi connectivity index (χ0v) is 14.0. The summed E-state index contributed by atoms with van der Waals surface area (Å²) in [4.78, 5) is 12.5. The van der Waals surface area contributed by atoms with Gasteiger partial charge in [0.05, 0.1) is 6.10 Å². The summed E-state index contributed by atoms with van der Waals surface area (Å²) in [6, 6.07) is 17.7. The maximum Gasteiger partial charge on any atom is 0.407 e. The van der Waals surface area contributed by atoms with E-state index in [0.29, 0.717) is 31.0 Å². The maximum atomic E-state index is 11.0. The fourth-order valence-corrected chi connectivity index (χ4v) is 3.12. The SMILES string of the molecule is O=C(O)N1CCC(OC(c2ccccc2)c2ccc(Cl)cc2)CC1. The predicted octanol–water partition coefficient (Wildman–Crippen LogP) is 4.59. The van der Waals surface area contributed by atoms with E-state index in [1.54, 1.807) is 0 Å². The molecule has 1 aliphatic heterocycles. The van der Waals surface area contributed by atoms with E-state index in [0.717, 1.165) is 11.1 Å². The number of ether oxygens (including phenoxy) is 1. The van der Waals surface area contributed by atoms with Crippen LogP contribution in [0.15, 0.2) is 54.6 Å². The largest absolute Gasteiger partial charge is 0.465 e. The fraction of sp³-hybridized carbons (Fsp3) is 0.316. The number of likely N-dealkylation sites (tertiary alicyclic amines) is 1. The topological polar surface area (TPSA) is 49.8 Å². The zero-order chi connectivity index (χ0) is 16.9. The van der Waals surface area contributed by atoms with Crippen LogP contribution in [0.4, 0.5) is 4.79 Å². The average Bonchev–Trinajstić information content (AvgIpc) is 2.62. The van der Waals surface area contributed by atoms with Crippen LogP contribution in [0, 0.1) is 0 Å². The molecule has 5 heteroatoms. The van der Waals surface area contributed by atoms with Crippen LogP contribution in [0.1, 0.15) is 30.1 Å². The van der Waals surface area contributed by atoms with Gasteiger partial charge in [0.25, 0.3) is 0 Å². The first-order valence-electron chi connectivity index (χ1n) is 8.07. The van der Waals surface area contributed by atoms with Gasteiger partial charge in [0.15, 0.2) is 0 Å². The zero-order valence-electron chi connectivity index (χ0n) is 13.3. The molecule has 1 fully saturated rings. The van der Waals surface area contributed by atoms with E-state index >= 15 is 0 Å². The van der Waals surface area contributed by atoms with Gasteiger partial charge in [0.1, 0.15) is 6.10 Å². The van der Waals surface area contributed by atoms with Crippen LogP contribution < -0.4 is 0 Å². The number of piperidine rings is 1. The molecular weight excluding hydrogens is 326 g/mol. The highest BCUT2D eigenvalue weighted by atomic mass is 35.5. The Morgan fingerprint density at radius 3 is 2.21 bits per heavy atom. The van der Waals surface area contributed by atoms with Gasteiger partial charge >= 0.3 is 6.09 Å². The molecule has 0 radical (unpaired) electrons. The van der Waals surface area contributed by atoms with Crippen LogP contribution in [0.3, 0.4) is 0 Å². The fourth-order valence-electron chi connectivity index (χ4n) is 2.99. The first-order chi connectivity index (χ1) is 11.6. The van der Waals surface area contributed by atoms with E-state index in [1.807, 2.05) is 54.6 Å². The van der Waals surface area contributed by atoms with Crippen LogP contribution in [-0.2, 0) is 4.74 Å². The third-order valence-corrected chi connectivity index (χ3v) is 4.57. The summed E-state index contributed by atoms with van der Waals surface area (Å²) in [6.45, 7) is 1.03. The first-order valence-corrected chi connectivity index (χ1v) is 8.45. The number of hydrogen-bond donors (Lipinski definition) is 1. The number of hydrogen-bond acceptors (Lipinski definition) is 2. The quantitative estimate of drug-likeness (QED) is 0.881. The number of carboxylic acid groups (broad SMARTS) is 1. The second-order valence-electron chi connectivity index (χ2n) is 5.95. The van der Waals surface area contributed by atoms with Crippen molar-refractivity contribution in [3.05, 3.63) is 70.7 Å². The molecule has 1 unspecified atom stereocenters. The third-order valence-electron chi connectivity index (χ3n) is 4.32. The number of halogens is 1. The maximum absolute atomic E-state index is 11.0. The van der Waals surface area contributed by atoms with Crippen LogP contribution >= 0.6 is 11.6 Å². The normalized spacial score (nSPS) is 16.8. The van der Waals surface area contributed by atoms with Gasteiger partial charge in [0.2, 0.25) is 0 Å². The third kappa shape index (κ3) is 4.08. The van der Waals surface area contributed by atoms with Crippen molar-refractivity contribution in [2.24, 2.45) is 0 Å². The molecule has 0 aliphatic carbocycles. The van der Waals surface area contributed by atoms with Crippen molar-refractivity contribution in [3.8, 4) is 0 Å². The van der Waals surface area contributed by atoms with Crippen molar-refractivity contribution in [2.45, 2.75) is 25.0 Å². The average molecular weight is 346 g/mol. The van der Waals surface area contributed by atoms with Gasteiger partial charge in [-0.2, -0.15) is 0 Å². The highest BCUT2D eigenvalue weighted by Gasteiger charge is 2.26. The Bertz CT molecular complexity index is 667. The van der Waals surface area contributed by atoms with E-state index in [9.17, 15) is 4.79 Å². The minimum atomic E-state index is -0.856. The highest BCUT2D eigenvalue weighted by molar-refractivity contribution is 6.30. The van der Waals surface area contributed by atoms with Crippen molar-refractivity contribution >= 4 is 17.7 Å². The summed E-state index contributed by atoms with van der Waals surface area (Å²) >= 11 is 6.00.